The highest BCUT2D eigenvalue weighted by Crippen LogP contribution is 2.66. The van der Waals surface area contributed by atoms with Crippen LogP contribution in [0.5, 0.6) is 0 Å². The molecule has 4 aliphatic carbocycles. The fourth-order valence-corrected chi connectivity index (χ4v) is 6.97. The van der Waals surface area contributed by atoms with E-state index < -0.39 is 0 Å². The topological polar surface area (TPSA) is 23.8 Å². The molecule has 3 saturated carbocycles. The Labute approximate surface area is 129 Å². The van der Waals surface area contributed by atoms with Crippen LogP contribution < -0.4 is 0 Å². The predicted molar refractivity (Wildman–Crippen MR) is 85.4 cm³/mol. The molecule has 0 aromatic rings. The molecule has 4 rings (SSSR count). The van der Waals surface area contributed by atoms with Gasteiger partial charge in [0, 0.05) is 0 Å². The van der Waals surface area contributed by atoms with Gasteiger partial charge in [0.1, 0.15) is 0 Å². The van der Waals surface area contributed by atoms with Crippen molar-refractivity contribution in [1.29, 1.82) is 5.26 Å². The van der Waals surface area contributed by atoms with Gasteiger partial charge in [-0.05, 0) is 86.4 Å². The van der Waals surface area contributed by atoms with E-state index in [-0.39, 0.29) is 0 Å². The number of allylic oxidation sites excluding steroid dienone is 2. The molecule has 0 radical (unpaired) electrons. The van der Waals surface area contributed by atoms with Crippen molar-refractivity contribution in [3.05, 3.63) is 11.6 Å². The lowest BCUT2D eigenvalue weighted by Gasteiger charge is -2.57. The molecular formula is C20H29N. The summed E-state index contributed by atoms with van der Waals surface area (Å²) in [5.41, 5.74) is 2.64. The van der Waals surface area contributed by atoms with E-state index in [1.807, 2.05) is 0 Å². The van der Waals surface area contributed by atoms with Crippen molar-refractivity contribution in [2.45, 2.75) is 71.6 Å². The second-order valence-corrected chi connectivity index (χ2v) is 8.76. The van der Waals surface area contributed by atoms with Crippen molar-refractivity contribution in [3.8, 4) is 6.07 Å². The maximum atomic E-state index is 9.55. The van der Waals surface area contributed by atoms with Crippen molar-refractivity contribution in [2.75, 3.05) is 0 Å². The van der Waals surface area contributed by atoms with E-state index in [4.69, 9.17) is 0 Å². The van der Waals surface area contributed by atoms with Crippen molar-refractivity contribution >= 4 is 0 Å². The first-order valence-electron chi connectivity index (χ1n) is 9.19. The molecule has 1 nitrogen and oxygen atoms in total. The van der Waals surface area contributed by atoms with Gasteiger partial charge in [-0.15, -0.1) is 0 Å². The minimum atomic E-state index is 0.333. The lowest BCUT2D eigenvalue weighted by atomic mass is 9.47. The highest BCUT2D eigenvalue weighted by Gasteiger charge is 2.58. The largest absolute Gasteiger partial charge is 0.198 e. The molecule has 0 spiro atoms. The number of hydrogen-bond acceptors (Lipinski definition) is 1. The molecule has 0 aromatic heterocycles. The Bertz CT molecular complexity index is 512. The fraction of sp³-hybridized carbons (Fsp3) is 0.850. The van der Waals surface area contributed by atoms with Gasteiger partial charge >= 0.3 is 0 Å². The SMILES string of the molecule is C[C@]12CCCC=C1CC[C@@H]1[C@@H]2CC[C@]2(C)C(C#N)CC[C@@H]12. The van der Waals surface area contributed by atoms with Gasteiger partial charge in [-0.2, -0.15) is 5.26 Å². The lowest BCUT2D eigenvalue weighted by molar-refractivity contribution is -0.0443. The van der Waals surface area contributed by atoms with Crippen LogP contribution in [0, 0.1) is 45.8 Å². The maximum Gasteiger partial charge on any atom is 0.0661 e. The van der Waals surface area contributed by atoms with Gasteiger partial charge in [0.15, 0.2) is 0 Å². The summed E-state index contributed by atoms with van der Waals surface area (Å²) in [6.07, 6.45) is 14.7. The van der Waals surface area contributed by atoms with E-state index >= 15 is 0 Å². The quantitative estimate of drug-likeness (QED) is 0.540. The summed E-state index contributed by atoms with van der Waals surface area (Å²) in [4.78, 5) is 0. The van der Waals surface area contributed by atoms with Gasteiger partial charge in [0.2, 0.25) is 0 Å². The van der Waals surface area contributed by atoms with Crippen molar-refractivity contribution in [3.63, 3.8) is 0 Å². The molecule has 0 heterocycles. The first kappa shape index (κ1) is 13.9. The van der Waals surface area contributed by atoms with E-state index in [2.05, 4.69) is 26.0 Å². The molecule has 1 heteroatoms. The molecule has 6 atom stereocenters. The van der Waals surface area contributed by atoms with E-state index in [9.17, 15) is 5.26 Å². The Kier molecular flexibility index (Phi) is 3.04. The van der Waals surface area contributed by atoms with Crippen LogP contribution in [0.3, 0.4) is 0 Å². The minimum Gasteiger partial charge on any atom is -0.198 e. The first-order valence-corrected chi connectivity index (χ1v) is 9.19. The van der Waals surface area contributed by atoms with E-state index in [1.54, 1.807) is 5.57 Å². The van der Waals surface area contributed by atoms with Crippen molar-refractivity contribution in [2.24, 2.45) is 34.5 Å². The lowest BCUT2D eigenvalue weighted by Crippen LogP contribution is -2.49. The molecule has 3 fully saturated rings. The first-order chi connectivity index (χ1) is 10.1. The van der Waals surface area contributed by atoms with Gasteiger partial charge in [-0.1, -0.05) is 25.5 Å². The Balaban J connectivity index is 1.68. The van der Waals surface area contributed by atoms with Gasteiger partial charge < -0.3 is 0 Å². The predicted octanol–water partition coefficient (Wildman–Crippen LogP) is 5.48. The summed E-state index contributed by atoms with van der Waals surface area (Å²) in [6, 6.07) is 2.65. The van der Waals surface area contributed by atoms with Gasteiger partial charge in [0.05, 0.1) is 12.0 Å². The number of nitriles is 1. The summed E-state index contributed by atoms with van der Waals surface area (Å²) in [5.74, 6) is 2.98. The van der Waals surface area contributed by atoms with Crippen LogP contribution >= 0.6 is 0 Å². The van der Waals surface area contributed by atoms with Crippen LogP contribution in [-0.2, 0) is 0 Å². The van der Waals surface area contributed by atoms with E-state index in [1.165, 1.54) is 57.8 Å². The Hall–Kier alpha value is -0.770. The van der Waals surface area contributed by atoms with Crippen LogP contribution in [0.25, 0.3) is 0 Å². The molecule has 114 valence electrons. The van der Waals surface area contributed by atoms with Gasteiger partial charge in [0.25, 0.3) is 0 Å². The molecule has 0 amide bonds. The zero-order valence-electron chi connectivity index (χ0n) is 13.7. The molecule has 0 aromatic carbocycles. The standard InChI is InChI=1S/C20H29N/c1-19-11-4-3-5-14(19)6-8-16-17-9-7-15(13-21)20(17,2)12-10-18(16)19/h5,15-18H,3-4,6-12H2,1-2H3/t15?,16-,17-,18-,19-,20+/m0/s1. The molecule has 0 N–H and O–H groups in total. The molecule has 0 bridgehead atoms. The zero-order valence-corrected chi connectivity index (χ0v) is 13.7. The third-order valence-electron chi connectivity index (χ3n) is 8.18. The molecule has 0 saturated heterocycles. The number of hydrogen-bond donors (Lipinski definition) is 0. The molecule has 1 unspecified atom stereocenters. The highest BCUT2D eigenvalue weighted by molar-refractivity contribution is 5.24. The Morgan fingerprint density at radius 3 is 2.76 bits per heavy atom. The summed E-state index contributed by atoms with van der Waals surface area (Å²) in [7, 11) is 0. The summed E-state index contributed by atoms with van der Waals surface area (Å²) in [5, 5.41) is 9.55. The zero-order chi connectivity index (χ0) is 14.7. The molecular weight excluding hydrogens is 254 g/mol. The Morgan fingerprint density at radius 1 is 1.10 bits per heavy atom. The summed E-state index contributed by atoms with van der Waals surface area (Å²) < 4.78 is 0. The van der Waals surface area contributed by atoms with Crippen LogP contribution in [0.2, 0.25) is 0 Å². The number of rotatable bonds is 0. The summed E-state index contributed by atoms with van der Waals surface area (Å²) >= 11 is 0. The average Bonchev–Trinajstić information content (AvgIpc) is 2.83. The molecule has 21 heavy (non-hydrogen) atoms. The Morgan fingerprint density at radius 2 is 1.95 bits per heavy atom. The molecule has 4 aliphatic rings. The third kappa shape index (κ3) is 1.74. The average molecular weight is 283 g/mol. The summed E-state index contributed by atoms with van der Waals surface area (Å²) in [6.45, 7) is 5.03. The van der Waals surface area contributed by atoms with Crippen molar-refractivity contribution < 1.29 is 0 Å². The highest BCUT2D eigenvalue weighted by atomic mass is 14.6. The van der Waals surface area contributed by atoms with E-state index in [0.717, 1.165) is 17.8 Å². The number of fused-ring (bicyclic) bond motifs is 5. The maximum absolute atomic E-state index is 9.55. The van der Waals surface area contributed by atoms with Crippen molar-refractivity contribution in [1.82, 2.24) is 0 Å². The normalized spacial score (nSPS) is 52.1. The van der Waals surface area contributed by atoms with Crippen LogP contribution in [0.15, 0.2) is 11.6 Å². The number of nitrogens with zero attached hydrogens (tertiary/aromatic N) is 1. The second-order valence-electron chi connectivity index (χ2n) is 8.76. The monoisotopic (exact) mass is 283 g/mol. The molecule has 0 aliphatic heterocycles. The van der Waals surface area contributed by atoms with Crippen LogP contribution in [-0.4, -0.2) is 0 Å². The van der Waals surface area contributed by atoms with Gasteiger partial charge in [-0.3, -0.25) is 0 Å². The van der Waals surface area contributed by atoms with Crippen LogP contribution in [0.1, 0.15) is 71.6 Å². The smallest absolute Gasteiger partial charge is 0.0661 e. The fourth-order valence-electron chi connectivity index (χ4n) is 6.97. The van der Waals surface area contributed by atoms with Gasteiger partial charge in [-0.25, -0.2) is 0 Å². The van der Waals surface area contributed by atoms with E-state index in [0.29, 0.717) is 16.7 Å². The van der Waals surface area contributed by atoms with Crippen LogP contribution in [0.4, 0.5) is 0 Å². The minimum absolute atomic E-state index is 0.333. The third-order valence-corrected chi connectivity index (χ3v) is 8.18. The second kappa shape index (κ2) is 4.61.